The number of nitrogens with zero attached hydrogens (tertiary/aromatic N) is 3. The Labute approximate surface area is 221 Å². The number of hydrogen-bond donors (Lipinski definition) is 2. The molecular weight excluding hydrogens is 458 g/mol. The second-order valence-corrected chi connectivity index (χ2v) is 13.3. The second kappa shape index (κ2) is 9.20. The number of benzene rings is 3. The van der Waals surface area contributed by atoms with Crippen LogP contribution in [0.1, 0.15) is 89.6 Å². The molecule has 4 rings (SSSR count). The molecule has 0 aliphatic heterocycles. The second-order valence-electron chi connectivity index (χ2n) is 13.3. The van der Waals surface area contributed by atoms with E-state index >= 15 is 0 Å². The molecule has 37 heavy (non-hydrogen) atoms. The molecule has 0 aliphatic carbocycles. The summed E-state index contributed by atoms with van der Waals surface area (Å²) in [5, 5.41) is 32.1. The summed E-state index contributed by atoms with van der Waals surface area (Å²) in [6.07, 6.45) is 1.36. The van der Waals surface area contributed by atoms with Gasteiger partial charge in [-0.2, -0.15) is 0 Å². The van der Waals surface area contributed by atoms with Crippen molar-refractivity contribution in [2.75, 3.05) is 0 Å². The van der Waals surface area contributed by atoms with Crippen molar-refractivity contribution >= 4 is 11.0 Å². The van der Waals surface area contributed by atoms with Crippen LogP contribution in [0, 0.1) is 12.3 Å². The quantitative estimate of drug-likeness (QED) is 0.295. The van der Waals surface area contributed by atoms with E-state index in [9.17, 15) is 10.2 Å². The van der Waals surface area contributed by atoms with Crippen molar-refractivity contribution in [1.82, 2.24) is 15.0 Å². The average molecular weight is 500 g/mol. The van der Waals surface area contributed by atoms with E-state index in [1.807, 2.05) is 49.4 Å². The lowest BCUT2D eigenvalue weighted by Crippen LogP contribution is -2.25. The Morgan fingerprint density at radius 2 is 1.32 bits per heavy atom. The minimum absolute atomic E-state index is 0.122. The summed E-state index contributed by atoms with van der Waals surface area (Å²) in [4.78, 5) is 1.54. The van der Waals surface area contributed by atoms with E-state index in [2.05, 4.69) is 71.7 Å². The summed E-state index contributed by atoms with van der Waals surface area (Å²) in [6.45, 7) is 19.6. The van der Waals surface area contributed by atoms with Gasteiger partial charge in [-0.1, -0.05) is 91.3 Å². The van der Waals surface area contributed by atoms with Gasteiger partial charge in [-0.25, -0.2) is 0 Å². The molecule has 1 heterocycles. The Bertz CT molecular complexity index is 1420. The Morgan fingerprint density at radius 3 is 1.86 bits per heavy atom. The van der Waals surface area contributed by atoms with Crippen LogP contribution in [0.3, 0.4) is 0 Å². The van der Waals surface area contributed by atoms with Crippen LogP contribution in [-0.2, 0) is 17.3 Å². The molecule has 0 atom stereocenters. The highest BCUT2D eigenvalue weighted by Crippen LogP contribution is 2.42. The highest BCUT2D eigenvalue weighted by atomic mass is 16.3. The molecule has 2 N–H and O–H groups in total. The van der Waals surface area contributed by atoms with Crippen molar-refractivity contribution in [2.24, 2.45) is 5.41 Å². The van der Waals surface area contributed by atoms with E-state index in [1.165, 1.54) is 4.80 Å². The number of aromatic hydroxyl groups is 2. The van der Waals surface area contributed by atoms with Crippen LogP contribution in [0.5, 0.6) is 11.5 Å². The molecule has 5 nitrogen and oxygen atoms in total. The van der Waals surface area contributed by atoms with Gasteiger partial charge in [0.25, 0.3) is 0 Å². The third-order valence-electron chi connectivity index (χ3n) is 6.95. The first kappa shape index (κ1) is 26.7. The number of hydrogen-bond acceptors (Lipinski definition) is 4. The normalized spacial score (nSPS) is 12.9. The molecule has 196 valence electrons. The van der Waals surface area contributed by atoms with Crippen LogP contribution in [0.4, 0.5) is 0 Å². The van der Waals surface area contributed by atoms with Crippen molar-refractivity contribution in [1.29, 1.82) is 0 Å². The molecule has 0 aliphatic rings. The van der Waals surface area contributed by atoms with Crippen LogP contribution in [0.2, 0.25) is 0 Å². The minimum Gasteiger partial charge on any atom is -0.507 e. The van der Waals surface area contributed by atoms with Gasteiger partial charge >= 0.3 is 0 Å². The zero-order valence-corrected chi connectivity index (χ0v) is 23.8. The third-order valence-corrected chi connectivity index (χ3v) is 6.95. The highest BCUT2D eigenvalue weighted by Gasteiger charge is 2.30. The lowest BCUT2D eigenvalue weighted by atomic mass is 9.72. The van der Waals surface area contributed by atoms with Crippen LogP contribution >= 0.6 is 0 Å². The summed E-state index contributed by atoms with van der Waals surface area (Å²) in [6, 6.07) is 15.9. The van der Waals surface area contributed by atoms with Gasteiger partial charge in [-0.05, 0) is 64.5 Å². The maximum absolute atomic E-state index is 11.6. The lowest BCUT2D eigenvalue weighted by Gasteiger charge is -2.33. The van der Waals surface area contributed by atoms with E-state index in [0.29, 0.717) is 17.9 Å². The van der Waals surface area contributed by atoms with Crippen LogP contribution in [0.25, 0.3) is 16.7 Å². The molecule has 4 aromatic rings. The number of phenols is 2. The van der Waals surface area contributed by atoms with Crippen LogP contribution in [0.15, 0.2) is 48.5 Å². The molecule has 0 unspecified atom stereocenters. The lowest BCUT2D eigenvalue weighted by molar-refractivity contribution is 0.284. The molecular formula is C32H41N3O2. The maximum Gasteiger partial charge on any atom is 0.146 e. The molecule has 0 spiro atoms. The summed E-state index contributed by atoms with van der Waals surface area (Å²) in [5.74, 6) is 0.426. The van der Waals surface area contributed by atoms with Gasteiger partial charge < -0.3 is 10.2 Å². The molecule has 5 heteroatoms. The van der Waals surface area contributed by atoms with Gasteiger partial charge in [0, 0.05) is 12.0 Å². The number of fused-ring (bicyclic) bond motifs is 1. The summed E-state index contributed by atoms with van der Waals surface area (Å²) in [7, 11) is 0. The highest BCUT2D eigenvalue weighted by molar-refractivity contribution is 5.74. The fourth-order valence-electron chi connectivity index (χ4n) is 5.52. The Morgan fingerprint density at radius 1 is 0.757 bits per heavy atom. The monoisotopic (exact) mass is 499 g/mol. The minimum atomic E-state index is -0.201. The van der Waals surface area contributed by atoms with Crippen LogP contribution < -0.4 is 0 Å². The number of rotatable bonds is 5. The first-order valence-corrected chi connectivity index (χ1v) is 13.1. The fraction of sp³-hybridized carbons (Fsp3) is 0.438. The largest absolute Gasteiger partial charge is 0.507 e. The summed E-state index contributed by atoms with van der Waals surface area (Å²) in [5.41, 5.74) is 6.50. The van der Waals surface area contributed by atoms with E-state index < -0.39 is 0 Å². The number of phenolic OH excluding ortho intramolecular Hbond substituents is 2. The first-order valence-electron chi connectivity index (χ1n) is 13.1. The first-order chi connectivity index (χ1) is 17.0. The zero-order chi connectivity index (χ0) is 27.3. The number of aryl methyl sites for hydroxylation is 1. The average Bonchev–Trinajstić information content (AvgIpc) is 3.18. The summed E-state index contributed by atoms with van der Waals surface area (Å²) >= 11 is 0. The molecule has 0 amide bonds. The Kier molecular flexibility index (Phi) is 6.64. The van der Waals surface area contributed by atoms with Crippen LogP contribution in [-0.4, -0.2) is 25.2 Å². The van der Waals surface area contributed by atoms with Crippen molar-refractivity contribution in [3.05, 3.63) is 76.3 Å². The predicted octanol–water partition coefficient (Wildman–Crippen LogP) is 7.74. The van der Waals surface area contributed by atoms with E-state index in [-0.39, 0.29) is 22.0 Å². The zero-order valence-electron chi connectivity index (χ0n) is 23.8. The summed E-state index contributed by atoms with van der Waals surface area (Å²) < 4.78 is 0. The van der Waals surface area contributed by atoms with Gasteiger partial charge in [0.2, 0.25) is 0 Å². The molecule has 0 saturated carbocycles. The topological polar surface area (TPSA) is 71.2 Å². The van der Waals surface area contributed by atoms with Crippen molar-refractivity contribution in [3.63, 3.8) is 0 Å². The van der Waals surface area contributed by atoms with Crippen molar-refractivity contribution in [3.8, 4) is 17.2 Å². The SMILES string of the molecule is Cc1cc(Cc2cc(C(C)(C)CC(C)(C)C)cc(-n3nc4ccccc4n3)c2O)c(O)c(C(C)(C)C)c1. The maximum atomic E-state index is 11.6. The predicted molar refractivity (Wildman–Crippen MR) is 152 cm³/mol. The standard InChI is InChI=1S/C32H41N3O2/c1-20-14-21(28(36)24(15-20)31(5,6)7)16-22-17-23(32(8,9)19-30(2,3)4)18-27(29(22)37)35-33-25-12-10-11-13-26(25)34-35/h10-15,17-18,36-37H,16,19H2,1-9H3. The third kappa shape index (κ3) is 5.66. The van der Waals surface area contributed by atoms with Crippen molar-refractivity contribution < 1.29 is 10.2 Å². The molecule has 0 radical (unpaired) electrons. The molecule has 0 saturated heterocycles. The van der Waals surface area contributed by atoms with Gasteiger partial charge in [0.1, 0.15) is 28.2 Å². The van der Waals surface area contributed by atoms with E-state index in [0.717, 1.165) is 45.3 Å². The molecule has 0 fully saturated rings. The molecule has 1 aromatic heterocycles. The smallest absolute Gasteiger partial charge is 0.146 e. The Hall–Kier alpha value is -3.34. The molecule has 0 bridgehead atoms. The van der Waals surface area contributed by atoms with Gasteiger partial charge in [0.05, 0.1) is 0 Å². The van der Waals surface area contributed by atoms with Gasteiger partial charge in [-0.15, -0.1) is 15.0 Å². The number of aromatic nitrogens is 3. The van der Waals surface area contributed by atoms with Crippen molar-refractivity contribution in [2.45, 2.75) is 86.0 Å². The Balaban J connectivity index is 1.91. The van der Waals surface area contributed by atoms with Gasteiger partial charge in [-0.3, -0.25) is 0 Å². The van der Waals surface area contributed by atoms with Gasteiger partial charge in [0.15, 0.2) is 0 Å². The van der Waals surface area contributed by atoms with E-state index in [1.54, 1.807) is 0 Å². The fourth-order valence-corrected chi connectivity index (χ4v) is 5.52. The molecule has 3 aromatic carbocycles. The van der Waals surface area contributed by atoms with E-state index in [4.69, 9.17) is 0 Å².